The number of carbonyl (C=O) groups is 2. The Morgan fingerprint density at radius 3 is 2.49 bits per heavy atom. The van der Waals surface area contributed by atoms with E-state index in [4.69, 9.17) is 10.1 Å². The highest BCUT2D eigenvalue weighted by molar-refractivity contribution is 6.07. The van der Waals surface area contributed by atoms with E-state index in [1.165, 1.54) is 32.1 Å². The molecule has 0 radical (unpaired) electrons. The average Bonchev–Trinajstić information content (AvgIpc) is 3.12. The molecule has 4 rings (SSSR count). The quantitative estimate of drug-likeness (QED) is 0.512. The molecule has 1 atom stereocenters. The first-order chi connectivity index (χ1) is 17.0. The second-order valence-corrected chi connectivity index (χ2v) is 10.7. The van der Waals surface area contributed by atoms with Crippen LogP contribution in [0.15, 0.2) is 30.3 Å². The van der Waals surface area contributed by atoms with Crippen LogP contribution in [0.1, 0.15) is 77.6 Å². The number of nitrogens with zero attached hydrogens (tertiary/aromatic N) is 2. The van der Waals surface area contributed by atoms with Crippen LogP contribution in [0.3, 0.4) is 0 Å². The molecule has 2 saturated heterocycles. The van der Waals surface area contributed by atoms with Crippen molar-refractivity contribution in [2.24, 2.45) is 11.8 Å². The van der Waals surface area contributed by atoms with E-state index in [0.29, 0.717) is 37.2 Å². The highest BCUT2D eigenvalue weighted by atomic mass is 16.5. The highest BCUT2D eigenvalue weighted by Crippen LogP contribution is 2.37. The smallest absolute Gasteiger partial charge is 0.260 e. The van der Waals surface area contributed by atoms with E-state index in [2.05, 4.69) is 12.2 Å². The number of ether oxygens (including phenoxy) is 1. The number of guanidine groups is 1. The van der Waals surface area contributed by atoms with Gasteiger partial charge in [0.25, 0.3) is 11.8 Å². The molecule has 2 aliphatic heterocycles. The molecular formula is C28H42N4O3. The maximum Gasteiger partial charge on any atom is 0.260 e. The minimum Gasteiger partial charge on any atom is -0.484 e. The van der Waals surface area contributed by atoms with Gasteiger partial charge in [0, 0.05) is 19.6 Å². The molecule has 2 amide bonds. The first-order valence-electron chi connectivity index (χ1n) is 13.6. The topological polar surface area (TPSA) is 85.7 Å². The summed E-state index contributed by atoms with van der Waals surface area (Å²) in [5.74, 6) is 1.97. The van der Waals surface area contributed by atoms with Crippen molar-refractivity contribution >= 4 is 17.8 Å². The molecule has 2 N–H and O–H groups in total. The normalized spacial score (nSPS) is 24.0. The van der Waals surface area contributed by atoms with Crippen molar-refractivity contribution in [1.82, 2.24) is 15.1 Å². The monoisotopic (exact) mass is 482 g/mol. The van der Waals surface area contributed by atoms with Gasteiger partial charge in [-0.2, -0.15) is 0 Å². The highest BCUT2D eigenvalue weighted by Gasteiger charge is 2.50. The van der Waals surface area contributed by atoms with E-state index < -0.39 is 5.54 Å². The van der Waals surface area contributed by atoms with Gasteiger partial charge in [-0.15, -0.1) is 0 Å². The van der Waals surface area contributed by atoms with Crippen LogP contribution in [-0.4, -0.2) is 59.4 Å². The minimum absolute atomic E-state index is 0.00465. The summed E-state index contributed by atoms with van der Waals surface area (Å²) >= 11 is 0. The number of unbranched alkanes of at least 4 members (excludes halogenated alkanes) is 1. The molecule has 0 aromatic heterocycles. The Morgan fingerprint density at radius 2 is 1.80 bits per heavy atom. The Hall–Kier alpha value is -2.57. The van der Waals surface area contributed by atoms with Gasteiger partial charge in [0.1, 0.15) is 11.3 Å². The van der Waals surface area contributed by atoms with Crippen LogP contribution in [0.4, 0.5) is 0 Å². The molecule has 0 bridgehead atoms. The third-order valence-electron chi connectivity index (χ3n) is 8.11. The van der Waals surface area contributed by atoms with Crippen LogP contribution in [0.25, 0.3) is 0 Å². The van der Waals surface area contributed by atoms with Gasteiger partial charge in [0.05, 0.1) is 0 Å². The average molecular weight is 483 g/mol. The zero-order valence-electron chi connectivity index (χ0n) is 21.3. The van der Waals surface area contributed by atoms with Gasteiger partial charge in [-0.1, -0.05) is 70.1 Å². The lowest BCUT2D eigenvalue weighted by Gasteiger charge is -2.35. The van der Waals surface area contributed by atoms with E-state index in [0.717, 1.165) is 38.5 Å². The van der Waals surface area contributed by atoms with Gasteiger partial charge in [-0.3, -0.25) is 19.9 Å². The van der Waals surface area contributed by atoms with Crippen molar-refractivity contribution in [3.63, 3.8) is 0 Å². The molecule has 7 nitrogen and oxygen atoms in total. The molecule has 3 fully saturated rings. The van der Waals surface area contributed by atoms with Crippen molar-refractivity contribution in [1.29, 1.82) is 5.41 Å². The van der Waals surface area contributed by atoms with Crippen molar-refractivity contribution in [2.75, 3.05) is 26.2 Å². The maximum absolute atomic E-state index is 13.7. The Bertz CT molecular complexity index is 862. The predicted octanol–water partition coefficient (Wildman–Crippen LogP) is 4.57. The van der Waals surface area contributed by atoms with Gasteiger partial charge >= 0.3 is 0 Å². The van der Waals surface area contributed by atoms with Crippen molar-refractivity contribution < 1.29 is 14.3 Å². The summed E-state index contributed by atoms with van der Waals surface area (Å²) in [5, 5.41) is 12.0. The van der Waals surface area contributed by atoms with Gasteiger partial charge in [0.2, 0.25) is 0 Å². The second-order valence-electron chi connectivity index (χ2n) is 10.7. The van der Waals surface area contributed by atoms with Crippen molar-refractivity contribution in [2.45, 2.75) is 83.1 Å². The first kappa shape index (κ1) is 25.5. The number of likely N-dealkylation sites (tertiary alicyclic amines) is 1. The summed E-state index contributed by atoms with van der Waals surface area (Å²) in [7, 11) is 0. The Labute approximate surface area is 210 Å². The molecule has 0 spiro atoms. The molecule has 1 unspecified atom stereocenters. The Balaban J connectivity index is 1.29. The summed E-state index contributed by atoms with van der Waals surface area (Å²) in [6.45, 7) is 4.14. The van der Waals surface area contributed by atoms with Gasteiger partial charge in [-0.05, 0) is 49.7 Å². The van der Waals surface area contributed by atoms with Crippen LogP contribution in [-0.2, 0) is 9.59 Å². The lowest BCUT2D eigenvalue weighted by molar-refractivity contribution is -0.136. The van der Waals surface area contributed by atoms with Crippen LogP contribution < -0.4 is 10.1 Å². The van der Waals surface area contributed by atoms with Gasteiger partial charge in [0.15, 0.2) is 12.6 Å². The molecule has 2 heterocycles. The molecule has 1 aromatic rings. The number of amides is 2. The summed E-state index contributed by atoms with van der Waals surface area (Å²) in [4.78, 5) is 29.9. The minimum atomic E-state index is -0.597. The fourth-order valence-corrected chi connectivity index (χ4v) is 6.03. The SMILES string of the molecule is CCCCC1(CC2CCCCC2)NC(=N)N(CC2CCN(C(=O)COc3ccccc3)CC2)C1=O. The van der Waals surface area contributed by atoms with Crippen LogP contribution >= 0.6 is 0 Å². The number of benzene rings is 1. The van der Waals surface area contributed by atoms with Crippen LogP contribution in [0.5, 0.6) is 5.75 Å². The molecule has 35 heavy (non-hydrogen) atoms. The molecule has 1 aliphatic carbocycles. The summed E-state index contributed by atoms with van der Waals surface area (Å²) in [6, 6.07) is 9.41. The molecule has 7 heteroatoms. The Morgan fingerprint density at radius 1 is 1.09 bits per heavy atom. The third kappa shape index (κ3) is 6.36. The van der Waals surface area contributed by atoms with Crippen LogP contribution in [0, 0.1) is 17.2 Å². The molecule has 192 valence electrons. The number of hydrogen-bond donors (Lipinski definition) is 2. The zero-order chi connectivity index (χ0) is 24.7. The second kappa shape index (κ2) is 11.9. The zero-order valence-corrected chi connectivity index (χ0v) is 21.3. The van der Waals surface area contributed by atoms with Gasteiger partial charge < -0.3 is 15.0 Å². The first-order valence-corrected chi connectivity index (χ1v) is 13.6. The third-order valence-corrected chi connectivity index (χ3v) is 8.11. The van der Waals surface area contributed by atoms with E-state index in [1.807, 2.05) is 35.2 Å². The van der Waals surface area contributed by atoms with Crippen LogP contribution in [0.2, 0.25) is 0 Å². The number of hydrogen-bond acceptors (Lipinski definition) is 4. The standard InChI is InChI=1S/C28H42N4O3/c1-2-3-16-28(19-22-10-6-4-7-11-22)26(34)32(27(29)30-28)20-23-14-17-31(18-15-23)25(33)21-35-24-12-8-5-9-13-24/h5,8-9,12-13,22-23H,2-4,6-7,10-11,14-21H2,1H3,(H2,29,30). The summed E-state index contributed by atoms with van der Waals surface area (Å²) in [6.07, 6.45) is 11.7. The summed E-state index contributed by atoms with van der Waals surface area (Å²) < 4.78 is 5.62. The fraction of sp³-hybridized carbons (Fsp3) is 0.679. The Kier molecular flexibility index (Phi) is 8.69. The number of para-hydroxylation sites is 1. The number of piperidine rings is 1. The lowest BCUT2D eigenvalue weighted by Crippen LogP contribution is -2.49. The fourth-order valence-electron chi connectivity index (χ4n) is 6.03. The van der Waals surface area contributed by atoms with Crippen molar-refractivity contribution in [3.05, 3.63) is 30.3 Å². The van der Waals surface area contributed by atoms with Gasteiger partial charge in [-0.25, -0.2) is 0 Å². The predicted molar refractivity (Wildman–Crippen MR) is 137 cm³/mol. The number of carbonyl (C=O) groups excluding carboxylic acids is 2. The van der Waals surface area contributed by atoms with E-state index in [-0.39, 0.29) is 24.4 Å². The number of nitrogens with one attached hydrogen (secondary N) is 2. The molecular weight excluding hydrogens is 440 g/mol. The number of rotatable bonds is 10. The maximum atomic E-state index is 13.7. The molecule has 3 aliphatic rings. The lowest BCUT2D eigenvalue weighted by atomic mass is 9.77. The molecule has 1 aromatic carbocycles. The van der Waals surface area contributed by atoms with Crippen molar-refractivity contribution in [3.8, 4) is 5.75 Å². The molecule has 1 saturated carbocycles. The van der Waals surface area contributed by atoms with E-state index >= 15 is 0 Å². The largest absolute Gasteiger partial charge is 0.484 e. The summed E-state index contributed by atoms with van der Waals surface area (Å²) in [5.41, 5.74) is -0.597. The van der Waals surface area contributed by atoms with E-state index in [1.54, 1.807) is 4.90 Å². The van der Waals surface area contributed by atoms with E-state index in [9.17, 15) is 9.59 Å².